The first-order valence-corrected chi connectivity index (χ1v) is 6.91. The molecule has 2 rings (SSSR count). The number of hydrogen-bond donors (Lipinski definition) is 2. The van der Waals surface area contributed by atoms with Gasteiger partial charge in [0.2, 0.25) is 0 Å². The third kappa shape index (κ3) is 4.35. The van der Waals surface area contributed by atoms with Crippen LogP contribution in [0.25, 0.3) is 0 Å². The van der Waals surface area contributed by atoms with E-state index in [2.05, 4.69) is 5.32 Å². The number of carbonyl (C=O) groups is 2. The van der Waals surface area contributed by atoms with E-state index in [9.17, 15) is 23.5 Å². The molecule has 0 bridgehead atoms. The van der Waals surface area contributed by atoms with Crippen LogP contribution >= 0.6 is 0 Å². The Kier molecular flexibility index (Phi) is 5.05. The molecule has 0 aliphatic carbocycles. The summed E-state index contributed by atoms with van der Waals surface area (Å²) in [6, 6.07) is 8.05. The highest BCUT2D eigenvalue weighted by Gasteiger charge is 2.22. The van der Waals surface area contributed by atoms with Gasteiger partial charge in [0.1, 0.15) is 17.7 Å². The molecule has 0 aliphatic heterocycles. The Hall–Kier alpha value is -2.76. The van der Waals surface area contributed by atoms with Crippen LogP contribution in [0.15, 0.2) is 42.5 Å². The first-order chi connectivity index (χ1) is 10.9. The second-order valence-electron chi connectivity index (χ2n) is 5.18. The summed E-state index contributed by atoms with van der Waals surface area (Å²) in [4.78, 5) is 23.4. The minimum atomic E-state index is -1.25. The van der Waals surface area contributed by atoms with Crippen molar-refractivity contribution < 1.29 is 23.5 Å². The topological polar surface area (TPSA) is 66.4 Å². The summed E-state index contributed by atoms with van der Waals surface area (Å²) in [7, 11) is 0. The largest absolute Gasteiger partial charge is 0.480 e. The number of halogens is 2. The van der Waals surface area contributed by atoms with E-state index in [-0.39, 0.29) is 12.0 Å². The Bertz CT molecular complexity index is 729. The van der Waals surface area contributed by atoms with Crippen LogP contribution in [0.2, 0.25) is 0 Å². The van der Waals surface area contributed by atoms with Gasteiger partial charge in [0.05, 0.1) is 5.56 Å². The summed E-state index contributed by atoms with van der Waals surface area (Å²) in [5, 5.41) is 11.5. The van der Waals surface area contributed by atoms with E-state index in [0.717, 1.165) is 6.07 Å². The van der Waals surface area contributed by atoms with Crippen LogP contribution in [0.3, 0.4) is 0 Å². The lowest BCUT2D eigenvalue weighted by Gasteiger charge is -2.15. The fraction of sp³-hybridized carbons (Fsp3) is 0.176. The van der Waals surface area contributed by atoms with Gasteiger partial charge in [-0.1, -0.05) is 23.8 Å². The Morgan fingerprint density at radius 3 is 2.39 bits per heavy atom. The van der Waals surface area contributed by atoms with Crippen LogP contribution in [0.4, 0.5) is 8.78 Å². The Morgan fingerprint density at radius 2 is 1.78 bits per heavy atom. The highest BCUT2D eigenvalue weighted by Crippen LogP contribution is 2.11. The summed E-state index contributed by atoms with van der Waals surface area (Å²) in [5.41, 5.74) is 1.01. The summed E-state index contributed by atoms with van der Waals surface area (Å²) in [6.07, 6.45) is -0.0329. The normalized spacial score (nSPS) is 11.8. The van der Waals surface area contributed by atoms with Gasteiger partial charge in [0, 0.05) is 6.42 Å². The van der Waals surface area contributed by atoms with E-state index in [1.807, 2.05) is 0 Å². The fourth-order valence-corrected chi connectivity index (χ4v) is 2.11. The minimum Gasteiger partial charge on any atom is -0.480 e. The molecule has 2 aromatic carbocycles. The van der Waals surface area contributed by atoms with Gasteiger partial charge in [-0.25, -0.2) is 13.6 Å². The van der Waals surface area contributed by atoms with Crippen molar-refractivity contribution in [3.63, 3.8) is 0 Å². The van der Waals surface area contributed by atoms with Crippen molar-refractivity contribution in [3.8, 4) is 0 Å². The monoisotopic (exact) mass is 319 g/mol. The number of aliphatic carboxylic acids is 1. The number of hydrogen-bond acceptors (Lipinski definition) is 2. The molecule has 0 saturated heterocycles. The molecule has 2 aromatic rings. The molecule has 0 unspecified atom stereocenters. The minimum absolute atomic E-state index is 0.0329. The molecule has 0 heterocycles. The predicted octanol–water partition coefficient (Wildman–Crippen LogP) is 2.70. The van der Waals surface area contributed by atoms with E-state index < -0.39 is 29.6 Å². The Morgan fingerprint density at radius 1 is 1.13 bits per heavy atom. The van der Waals surface area contributed by atoms with Gasteiger partial charge in [0.15, 0.2) is 0 Å². The number of carbonyl (C=O) groups excluding carboxylic acids is 1. The molecule has 6 heteroatoms. The standard InChI is InChI=1S/C17H15F2NO3/c1-10-2-7-14(19)13(8-10)16(21)20-15(17(22)23)9-11-3-5-12(18)6-4-11/h2-8,15H,9H2,1H3,(H,20,21)(H,22,23)/t15-/m1/s1. The van der Waals surface area contributed by atoms with Crippen LogP contribution in [0, 0.1) is 18.6 Å². The predicted molar refractivity (Wildman–Crippen MR) is 80.1 cm³/mol. The van der Waals surface area contributed by atoms with E-state index in [0.29, 0.717) is 11.1 Å². The van der Waals surface area contributed by atoms with Gasteiger partial charge in [-0.3, -0.25) is 4.79 Å². The molecule has 23 heavy (non-hydrogen) atoms. The number of carboxylic acid groups (broad SMARTS) is 1. The maximum atomic E-state index is 13.7. The molecule has 0 aliphatic rings. The average Bonchev–Trinajstić information content (AvgIpc) is 2.51. The second kappa shape index (κ2) is 7.00. The first kappa shape index (κ1) is 16.6. The summed E-state index contributed by atoms with van der Waals surface area (Å²) in [6.45, 7) is 1.70. The molecular weight excluding hydrogens is 304 g/mol. The number of rotatable bonds is 5. The number of aryl methyl sites for hydroxylation is 1. The van der Waals surface area contributed by atoms with Crippen molar-refractivity contribution >= 4 is 11.9 Å². The van der Waals surface area contributed by atoms with Crippen molar-refractivity contribution in [3.05, 3.63) is 70.8 Å². The lowest BCUT2D eigenvalue weighted by Crippen LogP contribution is -2.42. The molecule has 0 aromatic heterocycles. The molecule has 1 atom stereocenters. The van der Waals surface area contributed by atoms with E-state index in [4.69, 9.17) is 0 Å². The molecule has 120 valence electrons. The van der Waals surface area contributed by atoms with Gasteiger partial charge in [0.25, 0.3) is 5.91 Å². The van der Waals surface area contributed by atoms with Gasteiger partial charge >= 0.3 is 5.97 Å². The lowest BCUT2D eigenvalue weighted by atomic mass is 10.0. The van der Waals surface area contributed by atoms with Crippen molar-refractivity contribution in [2.45, 2.75) is 19.4 Å². The summed E-state index contributed by atoms with van der Waals surface area (Å²) in [5.74, 6) is -3.22. The van der Waals surface area contributed by atoms with Crippen molar-refractivity contribution in [2.24, 2.45) is 0 Å². The van der Waals surface area contributed by atoms with E-state index in [1.54, 1.807) is 6.92 Å². The van der Waals surface area contributed by atoms with E-state index >= 15 is 0 Å². The quantitative estimate of drug-likeness (QED) is 0.890. The smallest absolute Gasteiger partial charge is 0.326 e. The van der Waals surface area contributed by atoms with Crippen molar-refractivity contribution in [1.29, 1.82) is 0 Å². The van der Waals surface area contributed by atoms with Crippen LogP contribution in [0.5, 0.6) is 0 Å². The number of carboxylic acids is 1. The molecule has 0 radical (unpaired) electrons. The third-order valence-corrected chi connectivity index (χ3v) is 3.32. The molecule has 4 nitrogen and oxygen atoms in total. The lowest BCUT2D eigenvalue weighted by molar-refractivity contribution is -0.139. The first-order valence-electron chi connectivity index (χ1n) is 6.91. The molecular formula is C17H15F2NO3. The molecule has 0 spiro atoms. The fourth-order valence-electron chi connectivity index (χ4n) is 2.11. The summed E-state index contributed by atoms with van der Waals surface area (Å²) >= 11 is 0. The van der Waals surface area contributed by atoms with Crippen molar-refractivity contribution in [2.75, 3.05) is 0 Å². The maximum Gasteiger partial charge on any atom is 0.326 e. The highest BCUT2D eigenvalue weighted by atomic mass is 19.1. The van der Waals surface area contributed by atoms with Crippen LogP contribution in [-0.4, -0.2) is 23.0 Å². The van der Waals surface area contributed by atoms with Crippen LogP contribution in [0.1, 0.15) is 21.5 Å². The third-order valence-electron chi connectivity index (χ3n) is 3.32. The Labute approximate surface area is 131 Å². The SMILES string of the molecule is Cc1ccc(F)c(C(=O)N[C@H](Cc2ccc(F)cc2)C(=O)O)c1. The number of nitrogens with one attached hydrogen (secondary N) is 1. The number of amides is 1. The van der Waals surface area contributed by atoms with Gasteiger partial charge < -0.3 is 10.4 Å². The number of benzene rings is 2. The zero-order chi connectivity index (χ0) is 17.0. The second-order valence-corrected chi connectivity index (χ2v) is 5.18. The summed E-state index contributed by atoms with van der Waals surface area (Å²) < 4.78 is 26.6. The van der Waals surface area contributed by atoms with Crippen LogP contribution in [-0.2, 0) is 11.2 Å². The molecule has 0 saturated carbocycles. The van der Waals surface area contributed by atoms with E-state index in [1.165, 1.54) is 36.4 Å². The Balaban J connectivity index is 2.15. The molecule has 0 fully saturated rings. The zero-order valence-corrected chi connectivity index (χ0v) is 12.3. The molecule has 2 N–H and O–H groups in total. The maximum absolute atomic E-state index is 13.7. The van der Waals surface area contributed by atoms with Crippen molar-refractivity contribution in [1.82, 2.24) is 5.32 Å². The molecule has 1 amide bonds. The average molecular weight is 319 g/mol. The van der Waals surface area contributed by atoms with Gasteiger partial charge in [-0.05, 0) is 36.8 Å². The van der Waals surface area contributed by atoms with Crippen LogP contribution < -0.4 is 5.32 Å². The zero-order valence-electron chi connectivity index (χ0n) is 12.3. The van der Waals surface area contributed by atoms with Gasteiger partial charge in [-0.15, -0.1) is 0 Å². The highest BCUT2D eigenvalue weighted by molar-refractivity contribution is 5.97. The van der Waals surface area contributed by atoms with Gasteiger partial charge in [-0.2, -0.15) is 0 Å².